The Balaban J connectivity index is 1.80. The van der Waals surface area contributed by atoms with Gasteiger partial charge in [-0.1, -0.05) is 57.2 Å². The minimum atomic E-state index is 0.700. The van der Waals surface area contributed by atoms with Crippen LogP contribution in [0.15, 0.2) is 42.5 Å². The van der Waals surface area contributed by atoms with Crippen molar-refractivity contribution in [3.8, 4) is 0 Å². The van der Waals surface area contributed by atoms with Gasteiger partial charge in [0.1, 0.15) is 0 Å². The summed E-state index contributed by atoms with van der Waals surface area (Å²) < 4.78 is 0. The highest BCUT2D eigenvalue weighted by molar-refractivity contribution is 5.51. The molecule has 1 aliphatic carbocycles. The van der Waals surface area contributed by atoms with Gasteiger partial charge in [0.05, 0.1) is 0 Å². The van der Waals surface area contributed by atoms with Crippen LogP contribution in [0.2, 0.25) is 0 Å². The molecule has 0 aliphatic heterocycles. The lowest BCUT2D eigenvalue weighted by Crippen LogP contribution is -2.18. The van der Waals surface area contributed by atoms with Crippen LogP contribution in [0.1, 0.15) is 68.2 Å². The van der Waals surface area contributed by atoms with Crippen molar-refractivity contribution >= 4 is 5.69 Å². The minimum Gasteiger partial charge on any atom is -0.398 e. The van der Waals surface area contributed by atoms with Crippen molar-refractivity contribution in [2.24, 2.45) is 11.8 Å². The molecule has 2 atom stereocenters. The predicted molar refractivity (Wildman–Crippen MR) is 104 cm³/mol. The van der Waals surface area contributed by atoms with Crippen molar-refractivity contribution in [2.75, 3.05) is 5.73 Å². The average Bonchev–Trinajstić information content (AvgIpc) is 2.56. The lowest BCUT2D eigenvalue weighted by Gasteiger charge is -2.32. The van der Waals surface area contributed by atoms with E-state index in [4.69, 9.17) is 5.73 Å². The molecular weight excluding hydrogens is 290 g/mol. The Bertz CT molecular complexity index is 661. The van der Waals surface area contributed by atoms with Crippen LogP contribution in [-0.2, 0) is 12.8 Å². The van der Waals surface area contributed by atoms with Gasteiger partial charge in [-0.15, -0.1) is 0 Å². The van der Waals surface area contributed by atoms with Crippen LogP contribution in [-0.4, -0.2) is 0 Å². The lowest BCUT2D eigenvalue weighted by atomic mass is 9.73. The zero-order valence-electron chi connectivity index (χ0n) is 15.4. The molecule has 1 heteroatoms. The highest BCUT2D eigenvalue weighted by Crippen LogP contribution is 2.39. The van der Waals surface area contributed by atoms with Crippen LogP contribution in [0.4, 0.5) is 5.69 Å². The summed E-state index contributed by atoms with van der Waals surface area (Å²) in [7, 11) is 0. The molecule has 1 nitrogen and oxygen atoms in total. The van der Waals surface area contributed by atoms with E-state index in [1.165, 1.54) is 41.5 Å². The zero-order chi connectivity index (χ0) is 17.1. The van der Waals surface area contributed by atoms with Gasteiger partial charge in [-0.05, 0) is 78.2 Å². The standard InChI is InChI=1S/C23H31N/c1-4-18-5-7-19(8-6-18)14-22-15-20(9-10-23(22)24)21-12-16(2)11-17(3)13-21/h5-10,15-17,21H,4,11-14,24H2,1-3H3. The van der Waals surface area contributed by atoms with Gasteiger partial charge in [0.2, 0.25) is 0 Å². The van der Waals surface area contributed by atoms with E-state index in [0.717, 1.165) is 30.4 Å². The molecule has 0 spiro atoms. The SMILES string of the molecule is CCc1ccc(Cc2cc(C3CC(C)CC(C)C3)ccc2N)cc1. The van der Waals surface area contributed by atoms with Crippen LogP contribution < -0.4 is 5.73 Å². The number of nitrogen functional groups attached to an aromatic ring is 1. The van der Waals surface area contributed by atoms with E-state index in [9.17, 15) is 0 Å². The fraction of sp³-hybridized carbons (Fsp3) is 0.478. The maximum Gasteiger partial charge on any atom is 0.0350 e. The third-order valence-corrected chi connectivity index (χ3v) is 5.64. The Morgan fingerprint density at radius 3 is 2.12 bits per heavy atom. The van der Waals surface area contributed by atoms with Crippen LogP contribution in [0, 0.1) is 11.8 Å². The highest BCUT2D eigenvalue weighted by atomic mass is 14.6. The van der Waals surface area contributed by atoms with Gasteiger partial charge < -0.3 is 5.73 Å². The molecule has 2 unspecified atom stereocenters. The summed E-state index contributed by atoms with van der Waals surface area (Å²) in [6.07, 6.45) is 6.04. The molecule has 1 saturated carbocycles. The molecule has 1 fully saturated rings. The van der Waals surface area contributed by atoms with Crippen molar-refractivity contribution in [3.05, 3.63) is 64.7 Å². The second-order valence-corrected chi connectivity index (χ2v) is 7.92. The number of benzene rings is 2. The first kappa shape index (κ1) is 17.1. The molecule has 1 aliphatic rings. The minimum absolute atomic E-state index is 0.700. The third kappa shape index (κ3) is 4.01. The second kappa shape index (κ2) is 7.42. The predicted octanol–water partition coefficient (Wildman–Crippen LogP) is 5.96. The first-order chi connectivity index (χ1) is 11.5. The normalized spacial score (nSPS) is 24.0. The van der Waals surface area contributed by atoms with Crippen LogP contribution in [0.25, 0.3) is 0 Å². The van der Waals surface area contributed by atoms with Gasteiger partial charge in [0.15, 0.2) is 0 Å². The Morgan fingerprint density at radius 2 is 1.50 bits per heavy atom. The van der Waals surface area contributed by atoms with E-state index in [0.29, 0.717) is 5.92 Å². The largest absolute Gasteiger partial charge is 0.398 e. The number of anilines is 1. The summed E-state index contributed by atoms with van der Waals surface area (Å²) in [5.74, 6) is 2.37. The Labute approximate surface area is 147 Å². The van der Waals surface area contributed by atoms with E-state index in [2.05, 4.69) is 63.2 Å². The Hall–Kier alpha value is -1.76. The van der Waals surface area contributed by atoms with Gasteiger partial charge in [0.25, 0.3) is 0 Å². The summed E-state index contributed by atoms with van der Waals surface area (Å²) in [4.78, 5) is 0. The summed E-state index contributed by atoms with van der Waals surface area (Å²) in [6, 6.07) is 15.7. The fourth-order valence-electron chi connectivity index (χ4n) is 4.36. The van der Waals surface area contributed by atoms with E-state index >= 15 is 0 Å². The van der Waals surface area contributed by atoms with Crippen LogP contribution in [0.3, 0.4) is 0 Å². The van der Waals surface area contributed by atoms with Gasteiger partial charge >= 0.3 is 0 Å². The summed E-state index contributed by atoms with van der Waals surface area (Å²) in [6.45, 7) is 6.99. The fourth-order valence-corrected chi connectivity index (χ4v) is 4.36. The summed E-state index contributed by atoms with van der Waals surface area (Å²) >= 11 is 0. The number of nitrogens with two attached hydrogens (primary N) is 1. The maximum atomic E-state index is 6.28. The first-order valence-electron chi connectivity index (χ1n) is 9.51. The van der Waals surface area contributed by atoms with Crippen molar-refractivity contribution in [3.63, 3.8) is 0 Å². The average molecular weight is 322 g/mol. The number of rotatable bonds is 4. The smallest absolute Gasteiger partial charge is 0.0350 e. The lowest BCUT2D eigenvalue weighted by molar-refractivity contribution is 0.268. The van der Waals surface area contributed by atoms with E-state index in [1.807, 2.05) is 0 Å². The highest BCUT2D eigenvalue weighted by Gasteiger charge is 2.25. The Kier molecular flexibility index (Phi) is 5.28. The zero-order valence-corrected chi connectivity index (χ0v) is 15.4. The topological polar surface area (TPSA) is 26.0 Å². The van der Waals surface area contributed by atoms with Crippen LogP contribution in [0.5, 0.6) is 0 Å². The molecule has 0 heterocycles. The van der Waals surface area contributed by atoms with Crippen molar-refractivity contribution in [1.82, 2.24) is 0 Å². The number of aryl methyl sites for hydroxylation is 1. The molecule has 2 aromatic carbocycles. The molecule has 3 rings (SSSR count). The quantitative estimate of drug-likeness (QED) is 0.691. The monoisotopic (exact) mass is 321 g/mol. The molecule has 0 bridgehead atoms. The van der Waals surface area contributed by atoms with E-state index in [-0.39, 0.29) is 0 Å². The molecule has 0 saturated heterocycles. The molecule has 24 heavy (non-hydrogen) atoms. The molecule has 0 radical (unpaired) electrons. The van der Waals surface area contributed by atoms with E-state index in [1.54, 1.807) is 0 Å². The molecule has 0 aromatic heterocycles. The summed E-state index contributed by atoms with van der Waals surface area (Å²) in [5.41, 5.74) is 12.7. The number of hydrogen-bond acceptors (Lipinski definition) is 1. The first-order valence-corrected chi connectivity index (χ1v) is 9.51. The van der Waals surface area contributed by atoms with Gasteiger partial charge in [-0.2, -0.15) is 0 Å². The molecule has 0 amide bonds. The molecule has 2 aromatic rings. The maximum absolute atomic E-state index is 6.28. The summed E-state index contributed by atoms with van der Waals surface area (Å²) in [5, 5.41) is 0. The van der Waals surface area contributed by atoms with Crippen molar-refractivity contribution in [2.45, 2.75) is 58.8 Å². The van der Waals surface area contributed by atoms with Crippen molar-refractivity contribution < 1.29 is 0 Å². The molecule has 2 N–H and O–H groups in total. The third-order valence-electron chi connectivity index (χ3n) is 5.64. The van der Waals surface area contributed by atoms with Gasteiger partial charge in [0, 0.05) is 5.69 Å². The van der Waals surface area contributed by atoms with Gasteiger partial charge in [-0.25, -0.2) is 0 Å². The van der Waals surface area contributed by atoms with Gasteiger partial charge in [-0.3, -0.25) is 0 Å². The Morgan fingerprint density at radius 1 is 0.875 bits per heavy atom. The molecular formula is C23H31N. The van der Waals surface area contributed by atoms with Crippen LogP contribution >= 0.6 is 0 Å². The van der Waals surface area contributed by atoms with Crippen molar-refractivity contribution in [1.29, 1.82) is 0 Å². The second-order valence-electron chi connectivity index (χ2n) is 7.92. The van der Waals surface area contributed by atoms with E-state index < -0.39 is 0 Å². The molecule has 128 valence electrons. The number of hydrogen-bond donors (Lipinski definition) is 1.